The van der Waals surface area contributed by atoms with Gasteiger partial charge in [-0.1, -0.05) is 27.7 Å². The zero-order valence-electron chi connectivity index (χ0n) is 13.7. The minimum absolute atomic E-state index is 0.0388. The van der Waals surface area contributed by atoms with Crippen molar-refractivity contribution in [2.75, 3.05) is 20.3 Å². The van der Waals surface area contributed by atoms with Gasteiger partial charge in [0.25, 0.3) is 0 Å². The Labute approximate surface area is 123 Å². The van der Waals surface area contributed by atoms with Gasteiger partial charge >= 0.3 is 0 Å². The molecule has 0 amide bonds. The molecule has 0 saturated heterocycles. The first-order chi connectivity index (χ1) is 9.38. The highest BCUT2D eigenvalue weighted by Gasteiger charge is 2.20. The summed E-state index contributed by atoms with van der Waals surface area (Å²) in [6, 6.07) is 6.52. The normalized spacial score (nSPS) is 13.1. The highest BCUT2D eigenvalue weighted by atomic mass is 16.5. The Hall–Kier alpha value is -1.22. The average Bonchev–Trinajstić information content (AvgIpc) is 2.38. The molecule has 0 aliphatic heterocycles. The molecule has 0 heterocycles. The molecule has 1 atom stereocenters. The highest BCUT2D eigenvalue weighted by Crippen LogP contribution is 2.34. The van der Waals surface area contributed by atoms with E-state index in [0.29, 0.717) is 6.04 Å². The number of rotatable bonds is 7. The first-order valence-electron chi connectivity index (χ1n) is 7.43. The maximum atomic E-state index is 5.98. The summed E-state index contributed by atoms with van der Waals surface area (Å²) < 4.78 is 11.3. The average molecular weight is 279 g/mol. The molecule has 114 valence electrons. The van der Waals surface area contributed by atoms with E-state index in [1.165, 1.54) is 5.56 Å². The van der Waals surface area contributed by atoms with Crippen molar-refractivity contribution in [1.29, 1.82) is 0 Å². The third-order valence-electron chi connectivity index (χ3n) is 3.36. The number of ether oxygens (including phenoxy) is 2. The van der Waals surface area contributed by atoms with Crippen LogP contribution in [0.3, 0.4) is 0 Å². The molecule has 20 heavy (non-hydrogen) atoms. The molecule has 0 bridgehead atoms. The molecule has 0 aliphatic carbocycles. The van der Waals surface area contributed by atoms with Crippen LogP contribution in [0.1, 0.15) is 46.6 Å². The Morgan fingerprint density at radius 2 is 1.95 bits per heavy atom. The van der Waals surface area contributed by atoms with E-state index in [1.54, 1.807) is 7.11 Å². The summed E-state index contributed by atoms with van der Waals surface area (Å²) in [7, 11) is 1.69. The number of nitrogens with one attached hydrogen (secondary N) is 1. The van der Waals surface area contributed by atoms with Gasteiger partial charge in [0.15, 0.2) is 0 Å². The minimum Gasteiger partial charge on any atom is -0.497 e. The quantitative estimate of drug-likeness (QED) is 0.824. The molecule has 3 heteroatoms. The largest absolute Gasteiger partial charge is 0.497 e. The second kappa shape index (κ2) is 7.53. The summed E-state index contributed by atoms with van der Waals surface area (Å²) in [6.45, 7) is 12.6. The van der Waals surface area contributed by atoms with Crippen molar-refractivity contribution in [1.82, 2.24) is 5.32 Å². The third-order valence-corrected chi connectivity index (χ3v) is 3.36. The molecule has 0 aromatic heterocycles. The van der Waals surface area contributed by atoms with Gasteiger partial charge in [0.05, 0.1) is 13.7 Å². The van der Waals surface area contributed by atoms with Crippen LogP contribution in [0.15, 0.2) is 18.2 Å². The second-order valence-electron chi connectivity index (χ2n) is 6.21. The van der Waals surface area contributed by atoms with Gasteiger partial charge < -0.3 is 14.8 Å². The van der Waals surface area contributed by atoms with Crippen LogP contribution < -0.4 is 14.8 Å². The number of hydrogen-bond acceptors (Lipinski definition) is 3. The Morgan fingerprint density at radius 1 is 1.25 bits per heavy atom. The van der Waals surface area contributed by atoms with Crippen molar-refractivity contribution in [2.24, 2.45) is 0 Å². The first-order valence-corrected chi connectivity index (χ1v) is 7.43. The molecular formula is C17H29NO2. The van der Waals surface area contributed by atoms with E-state index in [-0.39, 0.29) is 5.41 Å². The summed E-state index contributed by atoms with van der Waals surface area (Å²) in [6.07, 6.45) is 1.00. The van der Waals surface area contributed by atoms with Crippen molar-refractivity contribution in [3.8, 4) is 11.5 Å². The van der Waals surface area contributed by atoms with Crippen molar-refractivity contribution in [3.05, 3.63) is 23.8 Å². The lowest BCUT2D eigenvalue weighted by atomic mass is 9.86. The van der Waals surface area contributed by atoms with Crippen LogP contribution in [0.4, 0.5) is 0 Å². The third kappa shape index (κ3) is 5.04. The maximum absolute atomic E-state index is 5.98. The van der Waals surface area contributed by atoms with Gasteiger partial charge in [-0.25, -0.2) is 0 Å². The van der Waals surface area contributed by atoms with Gasteiger partial charge in [-0.05, 0) is 43.5 Å². The van der Waals surface area contributed by atoms with E-state index < -0.39 is 0 Å². The first kappa shape index (κ1) is 16.8. The van der Waals surface area contributed by atoms with E-state index in [0.717, 1.165) is 31.1 Å². The lowest BCUT2D eigenvalue weighted by Crippen LogP contribution is -2.27. The van der Waals surface area contributed by atoms with Gasteiger partial charge in [-0.15, -0.1) is 0 Å². The molecule has 0 fully saturated rings. The molecular weight excluding hydrogens is 250 g/mol. The molecule has 1 rings (SSSR count). The van der Waals surface area contributed by atoms with Gasteiger partial charge in [0.2, 0.25) is 0 Å². The molecule has 1 aromatic carbocycles. The number of methoxy groups -OCH3 is 1. The van der Waals surface area contributed by atoms with Crippen LogP contribution in [0.25, 0.3) is 0 Å². The molecule has 3 nitrogen and oxygen atoms in total. The van der Waals surface area contributed by atoms with E-state index in [4.69, 9.17) is 9.47 Å². The second-order valence-corrected chi connectivity index (χ2v) is 6.21. The Kier molecular flexibility index (Phi) is 6.34. The summed E-state index contributed by atoms with van der Waals surface area (Å²) in [4.78, 5) is 0. The maximum Gasteiger partial charge on any atom is 0.123 e. The fraction of sp³-hybridized carbons (Fsp3) is 0.647. The van der Waals surface area contributed by atoms with Crippen molar-refractivity contribution in [2.45, 2.75) is 52.5 Å². The molecule has 0 radical (unpaired) electrons. The lowest BCUT2D eigenvalue weighted by Gasteiger charge is -2.24. The van der Waals surface area contributed by atoms with Gasteiger partial charge in [0, 0.05) is 11.6 Å². The predicted molar refractivity (Wildman–Crippen MR) is 84.9 cm³/mol. The summed E-state index contributed by atoms with van der Waals surface area (Å²) in [5.74, 6) is 1.84. The molecule has 0 aliphatic rings. The van der Waals surface area contributed by atoms with E-state index >= 15 is 0 Å². The predicted octanol–water partition coefficient (Wildman–Crippen LogP) is 3.76. The van der Waals surface area contributed by atoms with Crippen molar-refractivity contribution in [3.63, 3.8) is 0 Å². The van der Waals surface area contributed by atoms with E-state index in [9.17, 15) is 0 Å². The van der Waals surface area contributed by atoms with E-state index in [2.05, 4.69) is 46.0 Å². The highest BCUT2D eigenvalue weighted by molar-refractivity contribution is 5.44. The van der Waals surface area contributed by atoms with Crippen molar-refractivity contribution >= 4 is 0 Å². The number of hydrogen-bond donors (Lipinski definition) is 1. The zero-order valence-corrected chi connectivity index (χ0v) is 13.7. The van der Waals surface area contributed by atoms with Crippen LogP contribution in [0.5, 0.6) is 11.5 Å². The van der Waals surface area contributed by atoms with Gasteiger partial charge in [-0.3, -0.25) is 0 Å². The Balaban J connectivity index is 2.74. The van der Waals surface area contributed by atoms with E-state index in [1.807, 2.05) is 12.1 Å². The Bertz CT molecular complexity index is 410. The van der Waals surface area contributed by atoms with Crippen LogP contribution >= 0.6 is 0 Å². The summed E-state index contributed by atoms with van der Waals surface area (Å²) in [5.41, 5.74) is 1.23. The Morgan fingerprint density at radius 3 is 2.50 bits per heavy atom. The monoisotopic (exact) mass is 279 g/mol. The van der Waals surface area contributed by atoms with Crippen LogP contribution in [-0.4, -0.2) is 26.3 Å². The standard InChI is InChI=1S/C17H29NO2/c1-7-18-13(2)10-11-20-16-9-8-14(19-6)12-15(16)17(3,4)5/h8-9,12-13,18H,7,10-11H2,1-6H3. The molecule has 1 aromatic rings. The fourth-order valence-electron chi connectivity index (χ4n) is 2.14. The minimum atomic E-state index is 0.0388. The lowest BCUT2D eigenvalue weighted by molar-refractivity contribution is 0.283. The van der Waals surface area contributed by atoms with Gasteiger partial charge in [-0.2, -0.15) is 0 Å². The zero-order chi connectivity index (χ0) is 15.2. The molecule has 0 saturated carbocycles. The van der Waals surface area contributed by atoms with Crippen LogP contribution in [0.2, 0.25) is 0 Å². The number of benzene rings is 1. The topological polar surface area (TPSA) is 30.5 Å². The molecule has 1 unspecified atom stereocenters. The molecule has 0 spiro atoms. The van der Waals surface area contributed by atoms with Crippen molar-refractivity contribution < 1.29 is 9.47 Å². The summed E-state index contributed by atoms with van der Waals surface area (Å²) >= 11 is 0. The van der Waals surface area contributed by atoms with Crippen LogP contribution in [-0.2, 0) is 5.41 Å². The molecule has 1 N–H and O–H groups in total. The summed E-state index contributed by atoms with van der Waals surface area (Å²) in [5, 5.41) is 3.39. The van der Waals surface area contributed by atoms with Crippen LogP contribution in [0, 0.1) is 0 Å². The SMILES string of the molecule is CCNC(C)CCOc1ccc(OC)cc1C(C)(C)C. The smallest absolute Gasteiger partial charge is 0.123 e. The van der Waals surface area contributed by atoms with Gasteiger partial charge in [0.1, 0.15) is 11.5 Å². The fourth-order valence-corrected chi connectivity index (χ4v) is 2.14.